The predicted octanol–water partition coefficient (Wildman–Crippen LogP) is 3.59. The monoisotopic (exact) mass is 438 g/mol. The highest BCUT2D eigenvalue weighted by atomic mass is 16.6. The predicted molar refractivity (Wildman–Crippen MR) is 114 cm³/mol. The van der Waals surface area contributed by atoms with Gasteiger partial charge in [0, 0.05) is 24.2 Å². The van der Waals surface area contributed by atoms with Gasteiger partial charge in [-0.3, -0.25) is 19.7 Å². The summed E-state index contributed by atoms with van der Waals surface area (Å²) in [6.45, 7) is 3.10. The van der Waals surface area contributed by atoms with E-state index in [9.17, 15) is 24.8 Å². The minimum absolute atomic E-state index is 0.0928. The van der Waals surface area contributed by atoms with E-state index in [2.05, 4.69) is 0 Å². The van der Waals surface area contributed by atoms with E-state index >= 15 is 0 Å². The minimum atomic E-state index is -0.850. The number of carbonyl (C=O) groups is 2. The number of fused-ring (bicyclic) bond motifs is 1. The van der Waals surface area contributed by atoms with Gasteiger partial charge < -0.3 is 19.5 Å². The quantitative estimate of drug-likeness (QED) is 0.241. The third kappa shape index (κ3) is 3.77. The summed E-state index contributed by atoms with van der Waals surface area (Å²) in [5.74, 6) is -0.948. The van der Waals surface area contributed by atoms with E-state index in [0.717, 1.165) is 6.42 Å². The molecule has 1 saturated heterocycles. The normalized spacial score (nSPS) is 19.3. The van der Waals surface area contributed by atoms with Crippen molar-refractivity contribution in [2.45, 2.75) is 25.8 Å². The molecule has 0 saturated carbocycles. The van der Waals surface area contributed by atoms with Crippen molar-refractivity contribution in [3.8, 4) is 11.5 Å². The number of likely N-dealkylation sites (tertiary alicyclic amines) is 1. The highest BCUT2D eigenvalue weighted by Crippen LogP contribution is 2.42. The number of amides is 1. The van der Waals surface area contributed by atoms with Crippen LogP contribution in [0.25, 0.3) is 5.76 Å². The van der Waals surface area contributed by atoms with Gasteiger partial charge in [-0.25, -0.2) is 0 Å². The largest absolute Gasteiger partial charge is 0.507 e. The summed E-state index contributed by atoms with van der Waals surface area (Å²) >= 11 is 0. The maximum Gasteiger partial charge on any atom is 0.295 e. The van der Waals surface area contributed by atoms with E-state index in [1.54, 1.807) is 18.2 Å². The molecular weight excluding hydrogens is 416 g/mol. The number of rotatable bonds is 6. The summed E-state index contributed by atoms with van der Waals surface area (Å²) in [5, 5.41) is 22.2. The first kappa shape index (κ1) is 21.4. The summed E-state index contributed by atoms with van der Waals surface area (Å²) in [7, 11) is 0. The topological polar surface area (TPSA) is 119 Å². The molecule has 0 aliphatic carbocycles. The fraction of sp³-hybridized carbons (Fsp3) is 0.304. The van der Waals surface area contributed by atoms with Gasteiger partial charge in [0.1, 0.15) is 19.0 Å². The van der Waals surface area contributed by atoms with Crippen molar-refractivity contribution >= 4 is 23.1 Å². The molecule has 1 fully saturated rings. The van der Waals surface area contributed by atoms with Gasteiger partial charge in [-0.05, 0) is 24.1 Å². The molecule has 2 heterocycles. The number of ketones is 1. The summed E-state index contributed by atoms with van der Waals surface area (Å²) in [6, 6.07) is 9.62. The molecule has 1 N–H and O–H groups in total. The third-order valence-electron chi connectivity index (χ3n) is 5.50. The summed E-state index contributed by atoms with van der Waals surface area (Å²) < 4.78 is 11.2. The highest BCUT2D eigenvalue weighted by molar-refractivity contribution is 6.46. The lowest BCUT2D eigenvalue weighted by Gasteiger charge is -2.26. The first-order valence-corrected chi connectivity index (χ1v) is 10.3. The van der Waals surface area contributed by atoms with Crippen LogP contribution in [0.1, 0.15) is 36.9 Å². The number of nitro groups is 1. The van der Waals surface area contributed by atoms with Crippen LogP contribution >= 0.6 is 0 Å². The van der Waals surface area contributed by atoms with Crippen molar-refractivity contribution in [1.29, 1.82) is 0 Å². The second-order valence-corrected chi connectivity index (χ2v) is 7.56. The van der Waals surface area contributed by atoms with Gasteiger partial charge >= 0.3 is 0 Å². The Morgan fingerprint density at radius 1 is 1.16 bits per heavy atom. The standard InChI is InChI=1S/C23H22N2O7/c1-2-3-9-24-20(14-7-8-17-18(13-14)32-11-10-31-17)19(22(27)23(24)28)21(26)15-5-4-6-16(12-15)25(29)30/h4-8,12-13,20,26H,2-3,9-11H2,1H3/b21-19-. The molecule has 0 radical (unpaired) electrons. The first-order valence-electron chi connectivity index (χ1n) is 10.3. The zero-order valence-electron chi connectivity index (χ0n) is 17.4. The molecule has 9 heteroatoms. The van der Waals surface area contributed by atoms with E-state index in [4.69, 9.17) is 9.47 Å². The van der Waals surface area contributed by atoms with Crippen LogP contribution in [0.2, 0.25) is 0 Å². The fourth-order valence-electron chi connectivity index (χ4n) is 3.94. The van der Waals surface area contributed by atoms with E-state index in [0.29, 0.717) is 43.2 Å². The molecule has 1 unspecified atom stereocenters. The van der Waals surface area contributed by atoms with Crippen LogP contribution in [0.5, 0.6) is 11.5 Å². The molecule has 1 atom stereocenters. The Hall–Kier alpha value is -3.88. The van der Waals surface area contributed by atoms with E-state index in [1.807, 2.05) is 6.92 Å². The van der Waals surface area contributed by atoms with Gasteiger partial charge in [-0.2, -0.15) is 0 Å². The zero-order valence-corrected chi connectivity index (χ0v) is 17.4. The number of hydrogen-bond donors (Lipinski definition) is 1. The molecule has 2 aliphatic rings. The first-order chi connectivity index (χ1) is 15.4. The summed E-state index contributed by atoms with van der Waals surface area (Å²) in [5.41, 5.74) is 0.334. The van der Waals surface area contributed by atoms with E-state index in [-0.39, 0.29) is 16.8 Å². The Kier molecular flexibility index (Phi) is 5.81. The van der Waals surface area contributed by atoms with Crippen molar-refractivity contribution in [1.82, 2.24) is 4.90 Å². The number of carbonyl (C=O) groups excluding carboxylic acids is 2. The molecule has 2 aromatic rings. The molecule has 1 amide bonds. The molecular formula is C23H22N2O7. The summed E-state index contributed by atoms with van der Waals surface area (Å²) in [4.78, 5) is 37.9. The Bertz CT molecular complexity index is 1130. The van der Waals surface area contributed by atoms with Crippen LogP contribution in [-0.2, 0) is 9.59 Å². The molecule has 0 spiro atoms. The number of nitro benzene ring substituents is 1. The average molecular weight is 438 g/mol. The number of aliphatic hydroxyl groups excluding tert-OH is 1. The van der Waals surface area contributed by atoms with E-state index < -0.39 is 28.4 Å². The maximum atomic E-state index is 13.0. The second kappa shape index (κ2) is 8.70. The number of benzene rings is 2. The van der Waals surface area contributed by atoms with Gasteiger partial charge in [0.2, 0.25) is 0 Å². The molecule has 32 heavy (non-hydrogen) atoms. The number of hydrogen-bond acceptors (Lipinski definition) is 7. The third-order valence-corrected chi connectivity index (χ3v) is 5.50. The molecule has 0 bridgehead atoms. The average Bonchev–Trinajstić information content (AvgIpc) is 3.06. The van der Waals surface area contributed by atoms with Gasteiger partial charge in [0.05, 0.1) is 16.5 Å². The highest BCUT2D eigenvalue weighted by Gasteiger charge is 2.46. The van der Waals surface area contributed by atoms with Crippen LogP contribution in [0.4, 0.5) is 5.69 Å². The SMILES string of the molecule is CCCCN1C(=O)C(=O)/C(=C(\O)c2cccc([N+](=O)[O-])c2)C1c1ccc2c(c1)OCCO2. The molecule has 166 valence electrons. The smallest absolute Gasteiger partial charge is 0.295 e. The minimum Gasteiger partial charge on any atom is -0.507 e. The van der Waals surface area contributed by atoms with Crippen molar-refractivity contribution in [3.05, 3.63) is 69.3 Å². The molecule has 4 rings (SSSR count). The van der Waals surface area contributed by atoms with Crippen LogP contribution in [0.15, 0.2) is 48.0 Å². The van der Waals surface area contributed by atoms with Crippen molar-refractivity contribution in [2.24, 2.45) is 0 Å². The lowest BCUT2D eigenvalue weighted by Crippen LogP contribution is -2.30. The van der Waals surface area contributed by atoms with E-state index in [1.165, 1.54) is 29.2 Å². The fourth-order valence-corrected chi connectivity index (χ4v) is 3.94. The second-order valence-electron chi connectivity index (χ2n) is 7.56. The zero-order chi connectivity index (χ0) is 22.8. The maximum absolute atomic E-state index is 13.0. The molecule has 2 aromatic carbocycles. The van der Waals surface area contributed by atoms with Gasteiger partial charge in [0.25, 0.3) is 17.4 Å². The molecule has 0 aromatic heterocycles. The van der Waals surface area contributed by atoms with Gasteiger partial charge in [0.15, 0.2) is 11.5 Å². The van der Waals surface area contributed by atoms with Crippen LogP contribution in [0, 0.1) is 10.1 Å². The Balaban J connectivity index is 1.86. The number of nitrogens with zero attached hydrogens (tertiary/aromatic N) is 2. The lowest BCUT2D eigenvalue weighted by molar-refractivity contribution is -0.384. The van der Waals surface area contributed by atoms with Crippen LogP contribution in [-0.4, -0.2) is 46.4 Å². The Morgan fingerprint density at radius 3 is 2.62 bits per heavy atom. The number of ether oxygens (including phenoxy) is 2. The van der Waals surface area contributed by atoms with Crippen molar-refractivity contribution < 1.29 is 29.1 Å². The Morgan fingerprint density at radius 2 is 1.91 bits per heavy atom. The number of non-ortho nitro benzene ring substituents is 1. The number of aliphatic hydroxyl groups is 1. The number of Topliss-reactive ketones (excluding diaryl/α,β-unsaturated/α-hetero) is 1. The van der Waals surface area contributed by atoms with Gasteiger partial charge in [-0.1, -0.05) is 31.5 Å². The van der Waals surface area contributed by atoms with Crippen molar-refractivity contribution in [3.63, 3.8) is 0 Å². The van der Waals surface area contributed by atoms with Crippen LogP contribution in [0.3, 0.4) is 0 Å². The van der Waals surface area contributed by atoms with Crippen molar-refractivity contribution in [2.75, 3.05) is 19.8 Å². The van der Waals surface area contributed by atoms with Crippen LogP contribution < -0.4 is 9.47 Å². The molecule has 2 aliphatic heterocycles. The molecule has 9 nitrogen and oxygen atoms in total. The lowest BCUT2D eigenvalue weighted by atomic mass is 9.94. The summed E-state index contributed by atoms with van der Waals surface area (Å²) in [6.07, 6.45) is 1.48. The number of unbranched alkanes of at least 4 members (excludes halogenated alkanes) is 1. The van der Waals surface area contributed by atoms with Gasteiger partial charge in [-0.15, -0.1) is 0 Å². The Labute approximate surface area is 184 Å².